The molecule has 0 spiro atoms. The standard InChI is InChI=1S/C9H10ClNO3/c1-13-6-3-4-7(11-9(10)12)8(5-6)14-2/h3-5H,1-2H3,(H,11,12). The second-order valence-corrected chi connectivity index (χ2v) is 2.81. The normalized spacial score (nSPS) is 9.36. The third-order valence-corrected chi connectivity index (χ3v) is 1.74. The van der Waals surface area contributed by atoms with E-state index in [1.165, 1.54) is 7.11 Å². The predicted molar refractivity (Wildman–Crippen MR) is 54.4 cm³/mol. The molecule has 1 amide bonds. The molecular weight excluding hydrogens is 206 g/mol. The van der Waals surface area contributed by atoms with Crippen molar-refractivity contribution in [3.8, 4) is 11.5 Å². The van der Waals surface area contributed by atoms with E-state index in [-0.39, 0.29) is 0 Å². The van der Waals surface area contributed by atoms with E-state index >= 15 is 0 Å². The summed E-state index contributed by atoms with van der Waals surface area (Å²) in [5.74, 6) is 1.15. The molecule has 0 unspecified atom stereocenters. The van der Waals surface area contributed by atoms with Crippen molar-refractivity contribution in [3.05, 3.63) is 18.2 Å². The molecule has 0 aromatic heterocycles. The highest BCUT2D eigenvalue weighted by Crippen LogP contribution is 2.29. The zero-order chi connectivity index (χ0) is 10.6. The molecule has 1 aromatic carbocycles. The molecule has 0 fully saturated rings. The fourth-order valence-corrected chi connectivity index (χ4v) is 1.11. The number of halogens is 1. The quantitative estimate of drug-likeness (QED) is 0.623. The molecule has 0 aliphatic rings. The zero-order valence-electron chi connectivity index (χ0n) is 7.83. The predicted octanol–water partition coefficient (Wildman–Crippen LogP) is 2.47. The summed E-state index contributed by atoms with van der Waals surface area (Å²) >= 11 is 5.18. The van der Waals surface area contributed by atoms with E-state index < -0.39 is 5.37 Å². The van der Waals surface area contributed by atoms with Gasteiger partial charge < -0.3 is 14.8 Å². The lowest BCUT2D eigenvalue weighted by Gasteiger charge is -2.09. The number of rotatable bonds is 3. The highest BCUT2D eigenvalue weighted by molar-refractivity contribution is 6.65. The Morgan fingerprint density at radius 3 is 2.57 bits per heavy atom. The molecule has 0 aliphatic carbocycles. The Morgan fingerprint density at radius 1 is 1.36 bits per heavy atom. The lowest BCUT2D eigenvalue weighted by Crippen LogP contribution is -2.03. The molecule has 1 rings (SSSR count). The summed E-state index contributed by atoms with van der Waals surface area (Å²) in [5, 5.41) is 1.76. The minimum Gasteiger partial charge on any atom is -0.497 e. The SMILES string of the molecule is COc1ccc(NC(=O)Cl)c(OC)c1. The van der Waals surface area contributed by atoms with Gasteiger partial charge in [-0.1, -0.05) is 0 Å². The lowest BCUT2D eigenvalue weighted by atomic mass is 10.3. The number of carbonyl (C=O) groups is 1. The molecule has 0 aliphatic heterocycles. The van der Waals surface area contributed by atoms with E-state index in [9.17, 15) is 4.79 Å². The van der Waals surface area contributed by atoms with Crippen molar-refractivity contribution in [2.45, 2.75) is 0 Å². The van der Waals surface area contributed by atoms with Gasteiger partial charge in [0.25, 0.3) is 0 Å². The molecule has 76 valence electrons. The van der Waals surface area contributed by atoms with Gasteiger partial charge >= 0.3 is 5.37 Å². The number of nitrogens with one attached hydrogen (secondary N) is 1. The second kappa shape index (κ2) is 4.72. The van der Waals surface area contributed by atoms with Gasteiger partial charge in [-0.05, 0) is 23.7 Å². The second-order valence-electron chi connectivity index (χ2n) is 2.46. The topological polar surface area (TPSA) is 47.6 Å². The first kappa shape index (κ1) is 10.7. The Balaban J connectivity index is 2.98. The Morgan fingerprint density at radius 2 is 2.07 bits per heavy atom. The molecular formula is C9H10ClNO3. The number of ether oxygens (including phenoxy) is 2. The summed E-state index contributed by atoms with van der Waals surface area (Å²) in [6.07, 6.45) is 0. The smallest absolute Gasteiger partial charge is 0.318 e. The Hall–Kier alpha value is -1.42. The third-order valence-electron chi connectivity index (χ3n) is 1.64. The molecule has 0 saturated heterocycles. The number of amides is 1. The molecule has 14 heavy (non-hydrogen) atoms. The minimum atomic E-state index is -0.659. The van der Waals surface area contributed by atoms with E-state index in [0.29, 0.717) is 17.2 Å². The molecule has 1 aromatic rings. The van der Waals surface area contributed by atoms with Crippen LogP contribution in [0.3, 0.4) is 0 Å². The summed E-state index contributed by atoms with van der Waals surface area (Å²) in [7, 11) is 3.05. The maximum Gasteiger partial charge on any atom is 0.318 e. The van der Waals surface area contributed by atoms with Gasteiger partial charge in [0.2, 0.25) is 0 Å². The van der Waals surface area contributed by atoms with Gasteiger partial charge in [0.1, 0.15) is 11.5 Å². The van der Waals surface area contributed by atoms with Gasteiger partial charge in [-0.15, -0.1) is 0 Å². The summed E-state index contributed by atoms with van der Waals surface area (Å²) < 4.78 is 10.0. The molecule has 5 heteroatoms. The van der Waals surface area contributed by atoms with Crippen molar-refractivity contribution in [1.82, 2.24) is 0 Å². The summed E-state index contributed by atoms with van der Waals surface area (Å²) in [4.78, 5) is 10.6. The summed E-state index contributed by atoms with van der Waals surface area (Å²) in [6.45, 7) is 0. The average molecular weight is 216 g/mol. The van der Waals surface area contributed by atoms with E-state index in [0.717, 1.165) is 0 Å². The van der Waals surface area contributed by atoms with Crippen LogP contribution in [-0.2, 0) is 0 Å². The number of methoxy groups -OCH3 is 2. The van der Waals surface area contributed by atoms with Crippen molar-refractivity contribution in [1.29, 1.82) is 0 Å². The summed E-state index contributed by atoms with van der Waals surface area (Å²) in [5.41, 5.74) is 0.508. The molecule has 0 heterocycles. The van der Waals surface area contributed by atoms with Crippen molar-refractivity contribution in [2.75, 3.05) is 19.5 Å². The largest absolute Gasteiger partial charge is 0.497 e. The van der Waals surface area contributed by atoms with Gasteiger partial charge in [0.05, 0.1) is 19.9 Å². The van der Waals surface area contributed by atoms with E-state index in [4.69, 9.17) is 21.1 Å². The molecule has 0 saturated carbocycles. The van der Waals surface area contributed by atoms with E-state index in [1.54, 1.807) is 25.3 Å². The van der Waals surface area contributed by atoms with Crippen LogP contribution < -0.4 is 14.8 Å². The number of anilines is 1. The van der Waals surface area contributed by atoms with Crippen LogP contribution in [0.15, 0.2) is 18.2 Å². The fraction of sp³-hybridized carbons (Fsp3) is 0.222. The van der Waals surface area contributed by atoms with Crippen LogP contribution >= 0.6 is 11.6 Å². The Kier molecular flexibility index (Phi) is 3.59. The maximum atomic E-state index is 10.6. The Bertz CT molecular complexity index is 341. The van der Waals surface area contributed by atoms with Crippen LogP contribution in [0.1, 0.15) is 0 Å². The first-order valence-electron chi connectivity index (χ1n) is 3.86. The first-order chi connectivity index (χ1) is 6.67. The monoisotopic (exact) mass is 215 g/mol. The lowest BCUT2D eigenvalue weighted by molar-refractivity contribution is 0.268. The van der Waals surface area contributed by atoms with Crippen molar-refractivity contribution in [2.24, 2.45) is 0 Å². The van der Waals surface area contributed by atoms with E-state index in [2.05, 4.69) is 5.32 Å². The number of carbonyl (C=O) groups excluding carboxylic acids is 1. The van der Waals surface area contributed by atoms with Crippen molar-refractivity contribution >= 4 is 22.7 Å². The van der Waals surface area contributed by atoms with Crippen LogP contribution in [-0.4, -0.2) is 19.6 Å². The van der Waals surface area contributed by atoms with Crippen LogP contribution in [0.5, 0.6) is 11.5 Å². The summed E-state index contributed by atoms with van der Waals surface area (Å²) in [6, 6.07) is 5.00. The van der Waals surface area contributed by atoms with Crippen LogP contribution in [0.4, 0.5) is 10.5 Å². The molecule has 4 nitrogen and oxygen atoms in total. The van der Waals surface area contributed by atoms with Crippen LogP contribution in [0.2, 0.25) is 0 Å². The van der Waals surface area contributed by atoms with Gasteiger partial charge in [-0.2, -0.15) is 0 Å². The van der Waals surface area contributed by atoms with Gasteiger partial charge in [-0.3, -0.25) is 4.79 Å². The highest BCUT2D eigenvalue weighted by Gasteiger charge is 2.06. The molecule has 0 radical (unpaired) electrons. The number of hydrogen-bond donors (Lipinski definition) is 1. The van der Waals surface area contributed by atoms with Crippen LogP contribution in [0.25, 0.3) is 0 Å². The highest BCUT2D eigenvalue weighted by atomic mass is 35.5. The molecule has 0 atom stereocenters. The maximum absolute atomic E-state index is 10.6. The first-order valence-corrected chi connectivity index (χ1v) is 4.23. The van der Waals surface area contributed by atoms with Gasteiger partial charge in [0, 0.05) is 6.07 Å². The third kappa shape index (κ3) is 2.53. The van der Waals surface area contributed by atoms with Crippen molar-refractivity contribution < 1.29 is 14.3 Å². The van der Waals surface area contributed by atoms with Gasteiger partial charge in [0.15, 0.2) is 0 Å². The minimum absolute atomic E-state index is 0.498. The fourth-order valence-electron chi connectivity index (χ4n) is 1.01. The molecule has 0 bridgehead atoms. The molecule has 1 N–H and O–H groups in total. The zero-order valence-corrected chi connectivity index (χ0v) is 8.59. The Labute approximate surface area is 86.8 Å². The average Bonchev–Trinajstić information content (AvgIpc) is 2.17. The van der Waals surface area contributed by atoms with E-state index in [1.807, 2.05) is 0 Å². The number of hydrogen-bond acceptors (Lipinski definition) is 3. The van der Waals surface area contributed by atoms with Gasteiger partial charge in [-0.25, -0.2) is 0 Å². The van der Waals surface area contributed by atoms with Crippen molar-refractivity contribution in [3.63, 3.8) is 0 Å². The van der Waals surface area contributed by atoms with Crippen LogP contribution in [0, 0.1) is 0 Å². The number of benzene rings is 1.